The molecule has 6 heteroatoms. The lowest BCUT2D eigenvalue weighted by molar-refractivity contribution is -0.181. The number of likely N-dealkylation sites (tertiary alicyclic amines) is 1. The minimum Gasteiger partial charge on any atom is -0.380 e. The zero-order valence-corrected chi connectivity index (χ0v) is 15.6. The number of nitrogens with one attached hydrogen (secondary N) is 1. The Morgan fingerprint density at radius 2 is 1.93 bits per heavy atom. The molecule has 1 N–H and O–H groups in total. The van der Waals surface area contributed by atoms with E-state index in [2.05, 4.69) is 29.4 Å². The third kappa shape index (κ3) is 3.96. The largest absolute Gasteiger partial charge is 0.380 e. The molecule has 0 saturated carbocycles. The SMILES string of the molecule is Cc1ccccc1CNc1cncc(C(=O)N2CCC3(CC2)OCCO3)c1. The molecule has 0 bridgehead atoms. The van der Waals surface area contributed by atoms with Gasteiger partial charge in [0.05, 0.1) is 24.5 Å². The smallest absolute Gasteiger partial charge is 0.255 e. The molecular formula is C21H25N3O3. The van der Waals surface area contributed by atoms with Crippen molar-refractivity contribution in [3.05, 3.63) is 59.4 Å². The number of benzene rings is 1. The van der Waals surface area contributed by atoms with E-state index in [1.165, 1.54) is 11.1 Å². The van der Waals surface area contributed by atoms with E-state index in [0.29, 0.717) is 38.4 Å². The third-order valence-corrected chi connectivity index (χ3v) is 5.36. The quantitative estimate of drug-likeness (QED) is 0.900. The minimum absolute atomic E-state index is 0.00916. The van der Waals surface area contributed by atoms with Gasteiger partial charge in [0.15, 0.2) is 5.79 Å². The third-order valence-electron chi connectivity index (χ3n) is 5.36. The Hall–Kier alpha value is -2.44. The van der Waals surface area contributed by atoms with Gasteiger partial charge in [0, 0.05) is 44.9 Å². The van der Waals surface area contributed by atoms with Crippen LogP contribution < -0.4 is 5.32 Å². The molecule has 1 amide bonds. The number of hydrogen-bond acceptors (Lipinski definition) is 5. The average molecular weight is 367 g/mol. The fourth-order valence-electron chi connectivity index (χ4n) is 3.68. The van der Waals surface area contributed by atoms with Crippen LogP contribution in [-0.4, -0.2) is 47.9 Å². The fraction of sp³-hybridized carbons (Fsp3) is 0.429. The molecule has 4 rings (SSSR count). The molecule has 142 valence electrons. The summed E-state index contributed by atoms with van der Waals surface area (Å²) < 4.78 is 11.5. The number of ether oxygens (including phenoxy) is 2. The van der Waals surface area contributed by atoms with Crippen molar-refractivity contribution in [3.8, 4) is 0 Å². The summed E-state index contributed by atoms with van der Waals surface area (Å²) >= 11 is 0. The highest BCUT2D eigenvalue weighted by atomic mass is 16.7. The molecule has 2 aromatic rings. The Balaban J connectivity index is 1.38. The maximum absolute atomic E-state index is 12.9. The second-order valence-electron chi connectivity index (χ2n) is 7.14. The summed E-state index contributed by atoms with van der Waals surface area (Å²) in [6, 6.07) is 10.1. The highest BCUT2D eigenvalue weighted by Crippen LogP contribution is 2.31. The monoisotopic (exact) mass is 367 g/mol. The van der Waals surface area contributed by atoms with Crippen LogP contribution in [0.25, 0.3) is 0 Å². The van der Waals surface area contributed by atoms with Crippen LogP contribution in [0.5, 0.6) is 0 Å². The molecule has 2 saturated heterocycles. The van der Waals surface area contributed by atoms with Crippen molar-refractivity contribution in [2.24, 2.45) is 0 Å². The zero-order chi connectivity index (χ0) is 18.7. The number of carbonyl (C=O) groups is 1. The molecule has 6 nitrogen and oxygen atoms in total. The number of rotatable bonds is 4. The van der Waals surface area contributed by atoms with E-state index in [4.69, 9.17) is 9.47 Å². The summed E-state index contributed by atoms with van der Waals surface area (Å²) in [5, 5.41) is 3.37. The predicted octanol–water partition coefficient (Wildman–Crippen LogP) is 2.98. The summed E-state index contributed by atoms with van der Waals surface area (Å²) in [5.41, 5.74) is 3.92. The van der Waals surface area contributed by atoms with Crippen LogP contribution in [0, 0.1) is 6.92 Å². The number of piperidine rings is 1. The summed E-state index contributed by atoms with van der Waals surface area (Å²) in [6.45, 7) is 5.36. The maximum Gasteiger partial charge on any atom is 0.255 e. The first-order valence-electron chi connectivity index (χ1n) is 9.46. The van der Waals surface area contributed by atoms with Gasteiger partial charge in [-0.3, -0.25) is 9.78 Å². The van der Waals surface area contributed by atoms with Crippen LogP contribution in [-0.2, 0) is 16.0 Å². The Bertz CT molecular complexity index is 808. The number of pyridine rings is 1. The molecule has 2 aliphatic rings. The van der Waals surface area contributed by atoms with Crippen molar-refractivity contribution in [1.82, 2.24) is 9.88 Å². The molecule has 0 atom stereocenters. The number of aryl methyl sites for hydroxylation is 1. The zero-order valence-electron chi connectivity index (χ0n) is 15.6. The molecule has 3 heterocycles. The highest BCUT2D eigenvalue weighted by molar-refractivity contribution is 5.94. The van der Waals surface area contributed by atoms with E-state index >= 15 is 0 Å². The number of aromatic nitrogens is 1. The second-order valence-corrected chi connectivity index (χ2v) is 7.14. The van der Waals surface area contributed by atoms with Crippen LogP contribution in [0.3, 0.4) is 0 Å². The van der Waals surface area contributed by atoms with E-state index < -0.39 is 5.79 Å². The van der Waals surface area contributed by atoms with E-state index in [1.807, 2.05) is 23.1 Å². The van der Waals surface area contributed by atoms with Gasteiger partial charge in [-0.05, 0) is 24.1 Å². The van der Waals surface area contributed by atoms with Crippen LogP contribution in [0.15, 0.2) is 42.7 Å². The number of nitrogens with zero attached hydrogens (tertiary/aromatic N) is 2. The van der Waals surface area contributed by atoms with Crippen molar-refractivity contribution in [3.63, 3.8) is 0 Å². The number of hydrogen-bond donors (Lipinski definition) is 1. The van der Waals surface area contributed by atoms with E-state index in [0.717, 1.165) is 18.5 Å². The molecule has 27 heavy (non-hydrogen) atoms. The Morgan fingerprint density at radius 3 is 2.67 bits per heavy atom. The van der Waals surface area contributed by atoms with E-state index in [9.17, 15) is 4.79 Å². The van der Waals surface area contributed by atoms with Crippen molar-refractivity contribution in [2.45, 2.75) is 32.1 Å². The van der Waals surface area contributed by atoms with Crippen LogP contribution in [0.4, 0.5) is 5.69 Å². The minimum atomic E-state index is -0.466. The molecule has 1 aromatic carbocycles. The van der Waals surface area contributed by atoms with Gasteiger partial charge < -0.3 is 19.7 Å². The summed E-state index contributed by atoms with van der Waals surface area (Å²) in [7, 11) is 0. The van der Waals surface area contributed by atoms with Gasteiger partial charge >= 0.3 is 0 Å². The van der Waals surface area contributed by atoms with Crippen molar-refractivity contribution >= 4 is 11.6 Å². The molecule has 2 aliphatic heterocycles. The molecule has 0 unspecified atom stereocenters. The number of carbonyl (C=O) groups excluding carboxylic acids is 1. The molecule has 1 aromatic heterocycles. The van der Waals surface area contributed by atoms with Gasteiger partial charge in [0.25, 0.3) is 5.91 Å². The first kappa shape index (κ1) is 17.9. The van der Waals surface area contributed by atoms with Gasteiger partial charge in [0.1, 0.15) is 0 Å². The predicted molar refractivity (Wildman–Crippen MR) is 103 cm³/mol. The molecule has 0 aliphatic carbocycles. The Labute approximate surface area is 159 Å². The van der Waals surface area contributed by atoms with Crippen molar-refractivity contribution < 1.29 is 14.3 Å². The number of anilines is 1. The molecule has 2 fully saturated rings. The van der Waals surface area contributed by atoms with E-state index in [-0.39, 0.29) is 5.91 Å². The van der Waals surface area contributed by atoms with E-state index in [1.54, 1.807) is 12.4 Å². The normalized spacial score (nSPS) is 18.6. The van der Waals surface area contributed by atoms with Crippen molar-refractivity contribution in [1.29, 1.82) is 0 Å². The van der Waals surface area contributed by atoms with Gasteiger partial charge in [0.2, 0.25) is 0 Å². The van der Waals surface area contributed by atoms with Crippen LogP contribution >= 0.6 is 0 Å². The lowest BCUT2D eigenvalue weighted by Gasteiger charge is -2.37. The van der Waals surface area contributed by atoms with Crippen LogP contribution in [0.2, 0.25) is 0 Å². The lowest BCUT2D eigenvalue weighted by atomic mass is 10.0. The number of amides is 1. The van der Waals surface area contributed by atoms with Gasteiger partial charge in [-0.1, -0.05) is 24.3 Å². The molecule has 0 radical (unpaired) electrons. The first-order chi connectivity index (χ1) is 13.2. The summed E-state index contributed by atoms with van der Waals surface area (Å²) in [6.07, 6.45) is 4.82. The lowest BCUT2D eigenvalue weighted by Crippen LogP contribution is -2.47. The highest BCUT2D eigenvalue weighted by Gasteiger charge is 2.40. The van der Waals surface area contributed by atoms with Gasteiger partial charge in [-0.15, -0.1) is 0 Å². The standard InChI is InChI=1S/C21H25N3O3/c1-16-4-2-3-5-17(16)14-23-19-12-18(13-22-15-19)20(25)24-8-6-21(7-9-24)26-10-11-27-21/h2-5,12-13,15,23H,6-11,14H2,1H3. The fourth-order valence-corrected chi connectivity index (χ4v) is 3.68. The topological polar surface area (TPSA) is 63.7 Å². The summed E-state index contributed by atoms with van der Waals surface area (Å²) in [5.74, 6) is -0.457. The van der Waals surface area contributed by atoms with Crippen LogP contribution in [0.1, 0.15) is 34.3 Å². The first-order valence-corrected chi connectivity index (χ1v) is 9.46. The van der Waals surface area contributed by atoms with Gasteiger partial charge in [-0.25, -0.2) is 0 Å². The van der Waals surface area contributed by atoms with Crippen molar-refractivity contribution in [2.75, 3.05) is 31.6 Å². The molecule has 1 spiro atoms. The Morgan fingerprint density at radius 1 is 1.19 bits per heavy atom. The second kappa shape index (κ2) is 7.66. The van der Waals surface area contributed by atoms with Gasteiger partial charge in [-0.2, -0.15) is 0 Å². The summed E-state index contributed by atoms with van der Waals surface area (Å²) in [4.78, 5) is 19.0. The molecular weight excluding hydrogens is 342 g/mol. The average Bonchev–Trinajstić information content (AvgIpc) is 3.16. The maximum atomic E-state index is 12.9. The Kier molecular flexibility index (Phi) is 5.09.